The van der Waals surface area contributed by atoms with Gasteiger partial charge in [-0.1, -0.05) is 20.3 Å². The molecule has 2 aliphatic rings. The van der Waals surface area contributed by atoms with Crippen molar-refractivity contribution in [1.82, 2.24) is 10.2 Å². The van der Waals surface area contributed by atoms with Gasteiger partial charge in [0.1, 0.15) is 0 Å². The van der Waals surface area contributed by atoms with E-state index < -0.39 is 0 Å². The second-order valence-corrected chi connectivity index (χ2v) is 5.29. The van der Waals surface area contributed by atoms with Crippen LogP contribution in [0.1, 0.15) is 46.0 Å². The van der Waals surface area contributed by atoms with Crippen LogP contribution in [0.25, 0.3) is 0 Å². The molecule has 2 rings (SSSR count). The normalized spacial score (nSPS) is 33.2. The van der Waals surface area contributed by atoms with Crippen molar-refractivity contribution in [2.24, 2.45) is 5.92 Å². The Balaban J connectivity index is 1.85. The first-order chi connectivity index (χ1) is 7.35. The van der Waals surface area contributed by atoms with Crippen LogP contribution in [-0.4, -0.2) is 36.6 Å². The molecule has 88 valence electrons. The van der Waals surface area contributed by atoms with Gasteiger partial charge < -0.3 is 5.32 Å². The topological polar surface area (TPSA) is 15.3 Å². The molecule has 0 aromatic heterocycles. The zero-order chi connectivity index (χ0) is 10.7. The average Bonchev–Trinajstić information content (AvgIpc) is 3.05. The van der Waals surface area contributed by atoms with Gasteiger partial charge in [-0.3, -0.25) is 4.90 Å². The first kappa shape index (κ1) is 11.4. The summed E-state index contributed by atoms with van der Waals surface area (Å²) in [6, 6.07) is 1.62. The van der Waals surface area contributed by atoms with Gasteiger partial charge in [-0.25, -0.2) is 0 Å². The van der Waals surface area contributed by atoms with Crippen molar-refractivity contribution in [2.75, 3.05) is 19.6 Å². The van der Waals surface area contributed by atoms with Crippen molar-refractivity contribution in [2.45, 2.75) is 58.0 Å². The van der Waals surface area contributed by atoms with Gasteiger partial charge in [-0.2, -0.15) is 0 Å². The van der Waals surface area contributed by atoms with E-state index >= 15 is 0 Å². The van der Waals surface area contributed by atoms with Crippen molar-refractivity contribution >= 4 is 0 Å². The fourth-order valence-electron chi connectivity index (χ4n) is 2.88. The second kappa shape index (κ2) is 5.31. The van der Waals surface area contributed by atoms with Crippen LogP contribution >= 0.6 is 0 Å². The summed E-state index contributed by atoms with van der Waals surface area (Å²) >= 11 is 0. The van der Waals surface area contributed by atoms with E-state index in [2.05, 4.69) is 24.1 Å². The quantitative estimate of drug-likeness (QED) is 0.749. The summed E-state index contributed by atoms with van der Waals surface area (Å²) in [5.41, 5.74) is 0. The monoisotopic (exact) mass is 210 g/mol. The standard InChI is InChI=1S/C13H26N2/c1-3-5-12-9-14-13(11-6-7-11)10-15(12)8-4-2/h11-14H,3-10H2,1-2H3. The predicted octanol–water partition coefficient (Wildman–Crippen LogP) is 2.25. The van der Waals surface area contributed by atoms with E-state index in [-0.39, 0.29) is 0 Å². The van der Waals surface area contributed by atoms with Gasteiger partial charge in [0, 0.05) is 25.2 Å². The number of hydrogen-bond acceptors (Lipinski definition) is 2. The Morgan fingerprint density at radius 2 is 2.00 bits per heavy atom. The van der Waals surface area contributed by atoms with Gasteiger partial charge in [0.05, 0.1) is 0 Å². The molecule has 0 radical (unpaired) electrons. The largest absolute Gasteiger partial charge is 0.311 e. The van der Waals surface area contributed by atoms with Gasteiger partial charge >= 0.3 is 0 Å². The minimum absolute atomic E-state index is 0.810. The molecular formula is C13H26N2. The molecule has 2 heteroatoms. The van der Waals surface area contributed by atoms with Crippen molar-refractivity contribution in [3.63, 3.8) is 0 Å². The second-order valence-electron chi connectivity index (χ2n) is 5.29. The molecule has 1 N–H and O–H groups in total. The Bertz CT molecular complexity index is 189. The van der Waals surface area contributed by atoms with Crippen LogP contribution in [0.2, 0.25) is 0 Å². The summed E-state index contributed by atoms with van der Waals surface area (Å²) < 4.78 is 0. The Hall–Kier alpha value is -0.0800. The van der Waals surface area contributed by atoms with Crippen LogP contribution in [0.3, 0.4) is 0 Å². The van der Waals surface area contributed by atoms with E-state index in [4.69, 9.17) is 0 Å². The van der Waals surface area contributed by atoms with Crippen molar-refractivity contribution in [1.29, 1.82) is 0 Å². The molecule has 0 aromatic carbocycles. The van der Waals surface area contributed by atoms with E-state index in [1.54, 1.807) is 0 Å². The number of rotatable bonds is 5. The average molecular weight is 210 g/mol. The molecule has 0 amide bonds. The molecule has 0 bridgehead atoms. The molecule has 0 spiro atoms. The lowest BCUT2D eigenvalue weighted by Gasteiger charge is -2.40. The molecule has 2 nitrogen and oxygen atoms in total. The van der Waals surface area contributed by atoms with E-state index in [0.29, 0.717) is 0 Å². The Morgan fingerprint density at radius 1 is 1.20 bits per heavy atom. The van der Waals surface area contributed by atoms with E-state index in [0.717, 1.165) is 18.0 Å². The zero-order valence-corrected chi connectivity index (χ0v) is 10.3. The number of nitrogens with one attached hydrogen (secondary N) is 1. The third-order valence-electron chi connectivity index (χ3n) is 3.89. The van der Waals surface area contributed by atoms with E-state index in [1.165, 1.54) is 51.7 Å². The highest BCUT2D eigenvalue weighted by Gasteiger charge is 2.36. The SMILES string of the molecule is CCCC1CNC(C2CC2)CN1CCC. The Labute approximate surface area is 94.4 Å². The number of hydrogen-bond donors (Lipinski definition) is 1. The van der Waals surface area contributed by atoms with Crippen LogP contribution in [0.5, 0.6) is 0 Å². The molecule has 1 aliphatic heterocycles. The molecule has 2 unspecified atom stereocenters. The molecule has 0 aromatic rings. The van der Waals surface area contributed by atoms with Crippen LogP contribution < -0.4 is 5.32 Å². The van der Waals surface area contributed by atoms with Crippen molar-refractivity contribution in [3.05, 3.63) is 0 Å². The molecular weight excluding hydrogens is 184 g/mol. The highest BCUT2D eigenvalue weighted by Crippen LogP contribution is 2.34. The molecule has 1 saturated heterocycles. The van der Waals surface area contributed by atoms with Crippen LogP contribution in [0.4, 0.5) is 0 Å². The van der Waals surface area contributed by atoms with Crippen LogP contribution in [0, 0.1) is 5.92 Å². The maximum atomic E-state index is 3.76. The third kappa shape index (κ3) is 2.94. The smallest absolute Gasteiger partial charge is 0.0224 e. The number of piperazine rings is 1. The van der Waals surface area contributed by atoms with Gasteiger partial charge in [-0.15, -0.1) is 0 Å². The Morgan fingerprint density at radius 3 is 2.60 bits per heavy atom. The summed E-state index contributed by atoms with van der Waals surface area (Å²) in [6.07, 6.45) is 6.93. The maximum absolute atomic E-state index is 3.76. The van der Waals surface area contributed by atoms with Gasteiger partial charge in [-0.05, 0) is 38.1 Å². The molecule has 1 aliphatic carbocycles. The first-order valence-electron chi connectivity index (χ1n) is 6.82. The third-order valence-corrected chi connectivity index (χ3v) is 3.89. The lowest BCUT2D eigenvalue weighted by Crippen LogP contribution is -2.57. The highest BCUT2D eigenvalue weighted by molar-refractivity contribution is 4.94. The first-order valence-corrected chi connectivity index (χ1v) is 6.82. The van der Waals surface area contributed by atoms with Crippen molar-refractivity contribution in [3.8, 4) is 0 Å². The minimum atomic E-state index is 0.810. The van der Waals surface area contributed by atoms with Crippen LogP contribution in [-0.2, 0) is 0 Å². The van der Waals surface area contributed by atoms with Gasteiger partial charge in [0.15, 0.2) is 0 Å². The number of nitrogens with zero attached hydrogens (tertiary/aromatic N) is 1. The highest BCUT2D eigenvalue weighted by atomic mass is 15.2. The van der Waals surface area contributed by atoms with Crippen molar-refractivity contribution < 1.29 is 0 Å². The lowest BCUT2D eigenvalue weighted by atomic mass is 10.0. The summed E-state index contributed by atoms with van der Waals surface area (Å²) in [6.45, 7) is 8.45. The fraction of sp³-hybridized carbons (Fsp3) is 1.00. The molecule has 15 heavy (non-hydrogen) atoms. The summed E-state index contributed by atoms with van der Waals surface area (Å²) in [4.78, 5) is 2.74. The fourth-order valence-corrected chi connectivity index (χ4v) is 2.88. The summed E-state index contributed by atoms with van der Waals surface area (Å²) in [7, 11) is 0. The summed E-state index contributed by atoms with van der Waals surface area (Å²) in [5.74, 6) is 1.01. The van der Waals surface area contributed by atoms with Crippen LogP contribution in [0.15, 0.2) is 0 Å². The van der Waals surface area contributed by atoms with E-state index in [9.17, 15) is 0 Å². The molecule has 1 saturated carbocycles. The summed E-state index contributed by atoms with van der Waals surface area (Å²) in [5, 5.41) is 3.76. The molecule has 1 heterocycles. The molecule has 2 fully saturated rings. The van der Waals surface area contributed by atoms with E-state index in [1.807, 2.05) is 0 Å². The maximum Gasteiger partial charge on any atom is 0.0224 e. The Kier molecular flexibility index (Phi) is 4.04. The van der Waals surface area contributed by atoms with Gasteiger partial charge in [0.25, 0.3) is 0 Å². The van der Waals surface area contributed by atoms with Gasteiger partial charge in [0.2, 0.25) is 0 Å². The zero-order valence-electron chi connectivity index (χ0n) is 10.3. The lowest BCUT2D eigenvalue weighted by molar-refractivity contribution is 0.115. The molecule has 2 atom stereocenters. The predicted molar refractivity (Wildman–Crippen MR) is 65.1 cm³/mol. The minimum Gasteiger partial charge on any atom is -0.311 e.